The van der Waals surface area contributed by atoms with Gasteiger partial charge in [0.2, 0.25) is 0 Å². The van der Waals surface area contributed by atoms with Crippen LogP contribution in [-0.4, -0.2) is 34.9 Å². The zero-order chi connectivity index (χ0) is 14.3. The molecule has 0 spiro atoms. The number of hydrogen-bond acceptors (Lipinski definition) is 6. The topological polar surface area (TPSA) is 130 Å². The van der Waals surface area contributed by atoms with Crippen LogP contribution in [0.4, 0.5) is 10.7 Å². The summed E-state index contributed by atoms with van der Waals surface area (Å²) in [5.41, 5.74) is 2.15. The summed E-state index contributed by atoms with van der Waals surface area (Å²) in [5.74, 6) is -0.251. The molecule has 0 aliphatic rings. The van der Waals surface area contributed by atoms with Crippen LogP contribution < -0.4 is 10.7 Å². The summed E-state index contributed by atoms with van der Waals surface area (Å²) in [5, 5.41) is 25.3. The fourth-order valence-corrected chi connectivity index (χ4v) is 1.10. The summed E-state index contributed by atoms with van der Waals surface area (Å²) in [6, 6.07) is 2.00. The minimum Gasteiger partial charge on any atom is -0.400 e. The van der Waals surface area contributed by atoms with E-state index in [1.165, 1.54) is 12.1 Å². The van der Waals surface area contributed by atoms with Crippen LogP contribution in [-0.2, 0) is 0 Å². The number of carbonyl (C=O) groups excluding carboxylic acids is 1. The van der Waals surface area contributed by atoms with E-state index in [-0.39, 0.29) is 5.76 Å². The third kappa shape index (κ3) is 5.64. The second-order valence-electron chi connectivity index (χ2n) is 3.70. The molecule has 9 nitrogen and oxygen atoms in total. The highest BCUT2D eigenvalue weighted by molar-refractivity contribution is 5.79. The van der Waals surface area contributed by atoms with Gasteiger partial charge in [0.25, 0.3) is 0 Å². The van der Waals surface area contributed by atoms with Crippen LogP contribution >= 0.6 is 0 Å². The molecule has 9 heteroatoms. The van der Waals surface area contributed by atoms with Crippen molar-refractivity contribution in [3.63, 3.8) is 0 Å². The van der Waals surface area contributed by atoms with E-state index < -0.39 is 22.9 Å². The number of carbonyl (C=O) groups is 1. The maximum atomic E-state index is 11.2. The van der Waals surface area contributed by atoms with Gasteiger partial charge in [-0.25, -0.2) is 10.2 Å². The molecule has 104 valence electrons. The summed E-state index contributed by atoms with van der Waals surface area (Å²) in [7, 11) is 0. The van der Waals surface area contributed by atoms with Crippen LogP contribution in [0.1, 0.15) is 19.1 Å². The highest BCUT2D eigenvalue weighted by Gasteiger charge is 2.10. The van der Waals surface area contributed by atoms with E-state index in [9.17, 15) is 14.9 Å². The van der Waals surface area contributed by atoms with E-state index in [2.05, 4.69) is 15.8 Å². The van der Waals surface area contributed by atoms with Gasteiger partial charge in [-0.05, 0) is 19.4 Å². The molecule has 2 amide bonds. The predicted molar refractivity (Wildman–Crippen MR) is 65.8 cm³/mol. The van der Waals surface area contributed by atoms with E-state index in [0.717, 1.165) is 6.21 Å². The van der Waals surface area contributed by atoms with Gasteiger partial charge >= 0.3 is 11.9 Å². The molecule has 1 unspecified atom stereocenters. The Balaban J connectivity index is 2.32. The molecule has 0 bridgehead atoms. The number of urea groups is 1. The van der Waals surface area contributed by atoms with Crippen molar-refractivity contribution in [2.45, 2.75) is 19.4 Å². The van der Waals surface area contributed by atoms with E-state index in [1.807, 2.05) is 0 Å². The quantitative estimate of drug-likeness (QED) is 0.395. The lowest BCUT2D eigenvalue weighted by Crippen LogP contribution is -2.33. The standard InChI is InChI=1S/C10H14N4O5/c1-7(15)4-5-11-10(16)13-12-6-8-2-3-9(19-8)14(17)18/h2-3,6-7,15H,4-5H2,1H3,(H2,11,13,16)/b12-6+. The summed E-state index contributed by atoms with van der Waals surface area (Å²) in [4.78, 5) is 20.8. The first-order chi connectivity index (χ1) is 8.99. The molecule has 1 aromatic rings. The smallest absolute Gasteiger partial charge is 0.400 e. The third-order valence-corrected chi connectivity index (χ3v) is 2.00. The number of nitro groups is 1. The summed E-state index contributed by atoms with van der Waals surface area (Å²) in [6.45, 7) is 1.92. The van der Waals surface area contributed by atoms with E-state index in [1.54, 1.807) is 6.92 Å². The maximum absolute atomic E-state index is 11.2. The molecule has 19 heavy (non-hydrogen) atoms. The fourth-order valence-electron chi connectivity index (χ4n) is 1.10. The molecule has 0 radical (unpaired) electrons. The van der Waals surface area contributed by atoms with Gasteiger partial charge in [-0.3, -0.25) is 10.1 Å². The van der Waals surface area contributed by atoms with Crippen molar-refractivity contribution in [1.29, 1.82) is 0 Å². The van der Waals surface area contributed by atoms with E-state index >= 15 is 0 Å². The fraction of sp³-hybridized carbons (Fsp3) is 0.400. The Morgan fingerprint density at radius 3 is 3.00 bits per heavy atom. The first-order valence-corrected chi connectivity index (χ1v) is 5.48. The van der Waals surface area contributed by atoms with Gasteiger partial charge < -0.3 is 14.8 Å². The lowest BCUT2D eigenvalue weighted by molar-refractivity contribution is -0.402. The Morgan fingerprint density at radius 2 is 2.42 bits per heavy atom. The van der Waals surface area contributed by atoms with Gasteiger partial charge in [0.1, 0.15) is 4.92 Å². The van der Waals surface area contributed by atoms with Gasteiger partial charge in [-0.1, -0.05) is 0 Å². The molecule has 0 aliphatic carbocycles. The Kier molecular flexibility index (Phi) is 5.48. The minimum atomic E-state index is -0.673. The largest absolute Gasteiger partial charge is 0.433 e. The lowest BCUT2D eigenvalue weighted by Gasteiger charge is -2.05. The number of nitrogens with zero attached hydrogens (tertiary/aromatic N) is 2. The Morgan fingerprint density at radius 1 is 1.68 bits per heavy atom. The number of amides is 2. The molecule has 0 aromatic carbocycles. The predicted octanol–water partition coefficient (Wildman–Crippen LogP) is 0.592. The van der Waals surface area contributed by atoms with Crippen molar-refractivity contribution in [3.05, 3.63) is 28.0 Å². The van der Waals surface area contributed by atoms with Crippen LogP contribution in [0.3, 0.4) is 0 Å². The van der Waals surface area contributed by atoms with Crippen molar-refractivity contribution in [3.8, 4) is 0 Å². The van der Waals surface area contributed by atoms with Gasteiger partial charge in [-0.15, -0.1) is 0 Å². The minimum absolute atomic E-state index is 0.149. The molecular weight excluding hydrogens is 256 g/mol. The molecule has 1 heterocycles. The number of aliphatic hydroxyl groups excluding tert-OH is 1. The van der Waals surface area contributed by atoms with Crippen LogP contribution in [0.2, 0.25) is 0 Å². The lowest BCUT2D eigenvalue weighted by atomic mass is 10.3. The van der Waals surface area contributed by atoms with Crippen molar-refractivity contribution in [1.82, 2.24) is 10.7 Å². The summed E-state index contributed by atoms with van der Waals surface area (Å²) in [6.07, 6.45) is 1.08. The van der Waals surface area contributed by atoms with Crippen LogP contribution in [0, 0.1) is 10.1 Å². The van der Waals surface area contributed by atoms with Gasteiger partial charge in [0.05, 0.1) is 18.4 Å². The first-order valence-electron chi connectivity index (χ1n) is 5.48. The monoisotopic (exact) mass is 270 g/mol. The molecule has 0 aliphatic heterocycles. The first kappa shape index (κ1) is 14.6. The molecule has 1 rings (SSSR count). The number of rotatable bonds is 6. The molecule has 1 atom stereocenters. The van der Waals surface area contributed by atoms with Crippen molar-refractivity contribution in [2.24, 2.45) is 5.10 Å². The number of hydrogen-bond donors (Lipinski definition) is 3. The molecule has 0 saturated carbocycles. The van der Waals surface area contributed by atoms with Gasteiger partial charge in [0, 0.05) is 6.54 Å². The molecular formula is C10H14N4O5. The maximum Gasteiger partial charge on any atom is 0.433 e. The normalized spacial score (nSPS) is 12.3. The van der Waals surface area contributed by atoms with E-state index in [0.29, 0.717) is 13.0 Å². The SMILES string of the molecule is CC(O)CCNC(=O)N/N=C/c1ccc([N+](=O)[O-])o1. The Bertz CT molecular complexity index is 468. The summed E-state index contributed by atoms with van der Waals surface area (Å²) >= 11 is 0. The van der Waals surface area contributed by atoms with Crippen LogP contribution in [0.25, 0.3) is 0 Å². The highest BCUT2D eigenvalue weighted by Crippen LogP contribution is 2.13. The molecule has 1 aromatic heterocycles. The number of furan rings is 1. The summed E-state index contributed by atoms with van der Waals surface area (Å²) < 4.78 is 4.79. The highest BCUT2D eigenvalue weighted by atomic mass is 16.6. The van der Waals surface area contributed by atoms with Crippen molar-refractivity contribution in [2.75, 3.05) is 6.54 Å². The van der Waals surface area contributed by atoms with Crippen molar-refractivity contribution < 1.29 is 19.2 Å². The third-order valence-electron chi connectivity index (χ3n) is 2.00. The number of nitrogens with one attached hydrogen (secondary N) is 2. The average molecular weight is 270 g/mol. The van der Waals surface area contributed by atoms with Crippen LogP contribution in [0.15, 0.2) is 21.7 Å². The van der Waals surface area contributed by atoms with Gasteiger partial charge in [0.15, 0.2) is 5.76 Å². The second kappa shape index (κ2) is 7.11. The molecule has 0 saturated heterocycles. The van der Waals surface area contributed by atoms with Crippen molar-refractivity contribution >= 4 is 18.1 Å². The Hall–Kier alpha value is -2.42. The van der Waals surface area contributed by atoms with Crippen LogP contribution in [0.5, 0.6) is 0 Å². The zero-order valence-electron chi connectivity index (χ0n) is 10.2. The molecule has 3 N–H and O–H groups in total. The second-order valence-corrected chi connectivity index (χ2v) is 3.70. The number of aliphatic hydroxyl groups is 1. The number of hydrazone groups is 1. The Labute approximate surface area is 108 Å². The zero-order valence-corrected chi connectivity index (χ0v) is 10.2. The van der Waals surface area contributed by atoms with E-state index in [4.69, 9.17) is 9.52 Å². The molecule has 0 fully saturated rings. The van der Waals surface area contributed by atoms with Gasteiger partial charge in [-0.2, -0.15) is 5.10 Å². The average Bonchev–Trinajstić information content (AvgIpc) is 2.77.